The van der Waals surface area contributed by atoms with Crippen LogP contribution in [-0.2, 0) is 4.74 Å². The van der Waals surface area contributed by atoms with E-state index in [2.05, 4.69) is 36.2 Å². The molecule has 1 aliphatic heterocycles. The molecule has 0 saturated carbocycles. The van der Waals surface area contributed by atoms with Gasteiger partial charge in [-0.25, -0.2) is 4.79 Å². The van der Waals surface area contributed by atoms with Crippen LogP contribution in [0.2, 0.25) is 0 Å². The molecular formula is C23H38N2O2. The number of carbonyl (C=O) groups is 1. The van der Waals surface area contributed by atoms with Crippen molar-refractivity contribution in [2.45, 2.75) is 84.4 Å². The Hall–Kier alpha value is -1.55. The van der Waals surface area contributed by atoms with E-state index >= 15 is 0 Å². The van der Waals surface area contributed by atoms with Crippen LogP contribution >= 0.6 is 0 Å². The monoisotopic (exact) mass is 374 g/mol. The minimum absolute atomic E-state index is 0.0109. The number of rotatable bonds is 7. The SMILES string of the molecule is CC(C)N1CCC(CCCC(NC(=O)OC(C)(C)C)c2ccccc2)CC1. The predicted octanol–water partition coefficient (Wildman–Crippen LogP) is 5.54. The van der Waals surface area contributed by atoms with Gasteiger partial charge in [-0.3, -0.25) is 0 Å². The normalized spacial score (nSPS) is 17.7. The Labute approximate surface area is 165 Å². The van der Waals surface area contributed by atoms with Crippen LogP contribution < -0.4 is 5.32 Å². The van der Waals surface area contributed by atoms with Gasteiger partial charge in [-0.1, -0.05) is 43.2 Å². The Balaban J connectivity index is 1.85. The van der Waals surface area contributed by atoms with Crippen LogP contribution in [0.25, 0.3) is 0 Å². The van der Waals surface area contributed by atoms with Gasteiger partial charge in [-0.15, -0.1) is 0 Å². The van der Waals surface area contributed by atoms with Gasteiger partial charge < -0.3 is 15.0 Å². The largest absolute Gasteiger partial charge is 0.444 e. The van der Waals surface area contributed by atoms with Crippen molar-refractivity contribution < 1.29 is 9.53 Å². The van der Waals surface area contributed by atoms with Gasteiger partial charge in [-0.05, 0) is 78.5 Å². The van der Waals surface area contributed by atoms with Gasteiger partial charge in [0, 0.05) is 6.04 Å². The fourth-order valence-corrected chi connectivity index (χ4v) is 3.83. The number of ether oxygens (including phenoxy) is 1. The van der Waals surface area contributed by atoms with Gasteiger partial charge in [-0.2, -0.15) is 0 Å². The summed E-state index contributed by atoms with van der Waals surface area (Å²) in [5, 5.41) is 3.08. The van der Waals surface area contributed by atoms with Gasteiger partial charge in [0.2, 0.25) is 0 Å². The molecule has 1 amide bonds. The summed E-state index contributed by atoms with van der Waals surface area (Å²) in [5.41, 5.74) is 0.674. The van der Waals surface area contributed by atoms with Crippen LogP contribution in [-0.4, -0.2) is 35.7 Å². The molecule has 0 bridgehead atoms. The zero-order valence-corrected chi connectivity index (χ0v) is 17.8. The first-order valence-electron chi connectivity index (χ1n) is 10.5. The van der Waals surface area contributed by atoms with E-state index in [1.165, 1.54) is 32.4 Å². The molecule has 1 fully saturated rings. The molecule has 1 aliphatic rings. The maximum atomic E-state index is 12.3. The first-order valence-corrected chi connectivity index (χ1v) is 10.5. The molecule has 1 saturated heterocycles. The molecule has 1 aromatic rings. The van der Waals surface area contributed by atoms with Crippen LogP contribution in [0.1, 0.15) is 78.3 Å². The Morgan fingerprint density at radius 2 is 1.81 bits per heavy atom. The number of amides is 1. The average Bonchev–Trinajstić information content (AvgIpc) is 2.60. The molecule has 0 spiro atoms. The van der Waals surface area contributed by atoms with E-state index < -0.39 is 5.60 Å². The summed E-state index contributed by atoms with van der Waals surface area (Å²) in [6.07, 6.45) is 5.59. The second kappa shape index (κ2) is 10.1. The van der Waals surface area contributed by atoms with Crippen molar-refractivity contribution >= 4 is 6.09 Å². The summed E-state index contributed by atoms with van der Waals surface area (Å²) in [4.78, 5) is 14.8. The highest BCUT2D eigenvalue weighted by molar-refractivity contribution is 5.68. The molecule has 0 aliphatic carbocycles. The summed E-state index contributed by atoms with van der Waals surface area (Å²) >= 11 is 0. The molecule has 152 valence electrons. The number of hydrogen-bond donors (Lipinski definition) is 1. The zero-order chi connectivity index (χ0) is 19.9. The van der Waals surface area contributed by atoms with Crippen molar-refractivity contribution in [2.24, 2.45) is 5.92 Å². The topological polar surface area (TPSA) is 41.6 Å². The summed E-state index contributed by atoms with van der Waals surface area (Å²) in [6.45, 7) is 12.7. The Morgan fingerprint density at radius 3 is 2.37 bits per heavy atom. The second-order valence-corrected chi connectivity index (χ2v) is 9.11. The lowest BCUT2D eigenvalue weighted by molar-refractivity contribution is 0.0499. The van der Waals surface area contributed by atoms with Gasteiger partial charge in [0.05, 0.1) is 6.04 Å². The van der Waals surface area contributed by atoms with Crippen LogP contribution in [0.3, 0.4) is 0 Å². The maximum Gasteiger partial charge on any atom is 0.408 e. The third-order valence-electron chi connectivity index (χ3n) is 5.38. The molecule has 1 atom stereocenters. The van der Waals surface area contributed by atoms with Crippen molar-refractivity contribution in [3.05, 3.63) is 35.9 Å². The number of hydrogen-bond acceptors (Lipinski definition) is 3. The highest BCUT2D eigenvalue weighted by Crippen LogP contribution is 2.27. The maximum absolute atomic E-state index is 12.3. The van der Waals surface area contributed by atoms with E-state index in [1.807, 2.05) is 39.0 Å². The molecule has 1 unspecified atom stereocenters. The average molecular weight is 375 g/mol. The Morgan fingerprint density at radius 1 is 1.19 bits per heavy atom. The van der Waals surface area contributed by atoms with Gasteiger partial charge in [0.25, 0.3) is 0 Å². The molecule has 4 heteroatoms. The minimum Gasteiger partial charge on any atom is -0.444 e. The lowest BCUT2D eigenvalue weighted by Crippen LogP contribution is -2.38. The molecule has 1 N–H and O–H groups in total. The molecule has 27 heavy (non-hydrogen) atoms. The fraction of sp³-hybridized carbons (Fsp3) is 0.696. The van der Waals surface area contributed by atoms with Crippen LogP contribution in [0, 0.1) is 5.92 Å². The third-order valence-corrected chi connectivity index (χ3v) is 5.38. The summed E-state index contributed by atoms with van der Waals surface area (Å²) in [6, 6.07) is 10.9. The first-order chi connectivity index (χ1) is 12.7. The van der Waals surface area contributed by atoms with Crippen molar-refractivity contribution in [3.8, 4) is 0 Å². The lowest BCUT2D eigenvalue weighted by Gasteiger charge is -2.34. The van der Waals surface area contributed by atoms with E-state index in [1.54, 1.807) is 0 Å². The van der Waals surface area contributed by atoms with Crippen LogP contribution in [0.4, 0.5) is 4.79 Å². The van der Waals surface area contributed by atoms with E-state index in [0.29, 0.717) is 6.04 Å². The van der Waals surface area contributed by atoms with Gasteiger partial charge in [0.1, 0.15) is 5.60 Å². The quantitative estimate of drug-likeness (QED) is 0.681. The molecule has 2 rings (SSSR count). The standard InChI is InChI=1S/C23H38N2O2/c1-18(2)25-16-14-19(15-17-25)10-9-13-21(20-11-7-6-8-12-20)24-22(26)27-23(3,4)5/h6-8,11-12,18-19,21H,9-10,13-17H2,1-5H3,(H,24,26). The summed E-state index contributed by atoms with van der Waals surface area (Å²) in [7, 11) is 0. The first kappa shape index (κ1) is 21.7. The number of likely N-dealkylation sites (tertiary alicyclic amines) is 1. The van der Waals surface area contributed by atoms with E-state index in [4.69, 9.17) is 4.74 Å². The van der Waals surface area contributed by atoms with E-state index in [9.17, 15) is 4.79 Å². The van der Waals surface area contributed by atoms with Crippen molar-refractivity contribution in [3.63, 3.8) is 0 Å². The molecule has 4 nitrogen and oxygen atoms in total. The lowest BCUT2D eigenvalue weighted by atomic mass is 9.89. The van der Waals surface area contributed by atoms with Gasteiger partial charge in [0.15, 0.2) is 0 Å². The number of alkyl carbamates (subject to hydrolysis) is 1. The molecule has 1 aromatic carbocycles. The number of nitrogens with zero attached hydrogens (tertiary/aromatic N) is 1. The molecular weight excluding hydrogens is 336 g/mol. The van der Waals surface area contributed by atoms with Gasteiger partial charge >= 0.3 is 6.09 Å². The van der Waals surface area contributed by atoms with Crippen LogP contribution in [0.15, 0.2) is 30.3 Å². The van der Waals surface area contributed by atoms with Crippen molar-refractivity contribution in [1.82, 2.24) is 10.2 Å². The molecule has 1 heterocycles. The highest BCUT2D eigenvalue weighted by Gasteiger charge is 2.23. The smallest absolute Gasteiger partial charge is 0.408 e. The highest BCUT2D eigenvalue weighted by atomic mass is 16.6. The van der Waals surface area contributed by atoms with Crippen molar-refractivity contribution in [2.75, 3.05) is 13.1 Å². The predicted molar refractivity (Wildman–Crippen MR) is 112 cm³/mol. The summed E-state index contributed by atoms with van der Waals surface area (Å²) < 4.78 is 5.46. The molecule has 0 aromatic heterocycles. The molecule has 0 radical (unpaired) electrons. The Kier molecular flexibility index (Phi) is 8.15. The minimum atomic E-state index is -0.476. The number of nitrogens with one attached hydrogen (secondary N) is 1. The third kappa shape index (κ3) is 7.92. The zero-order valence-electron chi connectivity index (χ0n) is 17.8. The Bertz CT molecular complexity index is 557. The number of benzene rings is 1. The van der Waals surface area contributed by atoms with E-state index in [-0.39, 0.29) is 12.1 Å². The van der Waals surface area contributed by atoms with Crippen molar-refractivity contribution in [1.29, 1.82) is 0 Å². The van der Waals surface area contributed by atoms with E-state index in [0.717, 1.165) is 24.3 Å². The fourth-order valence-electron chi connectivity index (χ4n) is 3.83. The number of piperidine rings is 1. The number of carbonyl (C=O) groups excluding carboxylic acids is 1. The summed E-state index contributed by atoms with van der Waals surface area (Å²) in [5.74, 6) is 0.818. The second-order valence-electron chi connectivity index (χ2n) is 9.11. The van der Waals surface area contributed by atoms with Crippen LogP contribution in [0.5, 0.6) is 0 Å².